The van der Waals surface area contributed by atoms with Crippen LogP contribution < -0.4 is 10.2 Å². The molecule has 0 saturated heterocycles. The van der Waals surface area contributed by atoms with Gasteiger partial charge in [0, 0.05) is 25.3 Å². The molecule has 21 heavy (non-hydrogen) atoms. The molecule has 0 heterocycles. The Balaban J connectivity index is 1.97. The number of rotatable bonds is 7. The van der Waals surface area contributed by atoms with E-state index in [1.54, 1.807) is 0 Å². The number of benzene rings is 1. The van der Waals surface area contributed by atoms with Crippen molar-refractivity contribution in [1.82, 2.24) is 5.32 Å². The zero-order valence-electron chi connectivity index (χ0n) is 14.1. The molecule has 1 aromatic carbocycles. The van der Waals surface area contributed by atoms with Gasteiger partial charge in [0.1, 0.15) is 0 Å². The van der Waals surface area contributed by atoms with Gasteiger partial charge in [-0.25, -0.2) is 0 Å². The van der Waals surface area contributed by atoms with Gasteiger partial charge in [-0.1, -0.05) is 45.2 Å². The first-order chi connectivity index (χ1) is 10.2. The molecule has 0 amide bonds. The van der Waals surface area contributed by atoms with E-state index in [4.69, 9.17) is 0 Å². The van der Waals surface area contributed by atoms with Crippen molar-refractivity contribution in [2.24, 2.45) is 5.92 Å². The van der Waals surface area contributed by atoms with Gasteiger partial charge in [0.05, 0.1) is 0 Å². The lowest BCUT2D eigenvalue weighted by atomic mass is 9.83. The monoisotopic (exact) mass is 288 g/mol. The van der Waals surface area contributed by atoms with E-state index in [1.807, 2.05) is 0 Å². The Hall–Kier alpha value is -1.02. The van der Waals surface area contributed by atoms with Crippen molar-refractivity contribution in [3.05, 3.63) is 29.8 Å². The zero-order chi connectivity index (χ0) is 15.1. The maximum Gasteiger partial charge on any atom is 0.0364 e. The van der Waals surface area contributed by atoms with Gasteiger partial charge in [-0.15, -0.1) is 0 Å². The van der Waals surface area contributed by atoms with Crippen LogP contribution in [0.4, 0.5) is 5.69 Å². The summed E-state index contributed by atoms with van der Waals surface area (Å²) in [4.78, 5) is 2.42. The van der Waals surface area contributed by atoms with Crippen LogP contribution in [0.1, 0.15) is 51.5 Å². The summed E-state index contributed by atoms with van der Waals surface area (Å²) in [6.45, 7) is 6.63. The quantitative estimate of drug-likeness (QED) is 0.807. The fourth-order valence-electron chi connectivity index (χ4n) is 3.57. The first-order valence-corrected chi connectivity index (χ1v) is 8.78. The topological polar surface area (TPSA) is 15.3 Å². The summed E-state index contributed by atoms with van der Waals surface area (Å²) in [6.07, 6.45) is 8.19. The molecule has 1 saturated carbocycles. The minimum absolute atomic E-state index is 0.631. The SMILES string of the molecule is CCNC(CN(C)c1ccc(CC)cc1)C1CCCCC1. The van der Waals surface area contributed by atoms with Crippen LogP contribution in [0.2, 0.25) is 0 Å². The lowest BCUT2D eigenvalue weighted by Gasteiger charge is -2.34. The highest BCUT2D eigenvalue weighted by atomic mass is 15.1. The number of hydrogen-bond acceptors (Lipinski definition) is 2. The Labute approximate surface area is 130 Å². The molecule has 0 bridgehead atoms. The fourth-order valence-corrected chi connectivity index (χ4v) is 3.57. The third kappa shape index (κ3) is 4.74. The summed E-state index contributed by atoms with van der Waals surface area (Å²) in [5.41, 5.74) is 2.76. The Morgan fingerprint density at radius 3 is 2.33 bits per heavy atom. The van der Waals surface area contributed by atoms with Crippen LogP contribution in [0.25, 0.3) is 0 Å². The maximum atomic E-state index is 3.73. The van der Waals surface area contributed by atoms with E-state index >= 15 is 0 Å². The minimum atomic E-state index is 0.631. The molecule has 0 radical (unpaired) electrons. The van der Waals surface area contributed by atoms with Crippen LogP contribution in [-0.4, -0.2) is 26.2 Å². The Morgan fingerprint density at radius 2 is 1.76 bits per heavy atom. The van der Waals surface area contributed by atoms with Crippen molar-refractivity contribution in [2.75, 3.05) is 25.0 Å². The predicted octanol–water partition coefficient (Wildman–Crippen LogP) is 4.24. The standard InChI is InChI=1S/C19H32N2/c1-4-16-11-13-18(14-12-16)21(3)15-19(20-5-2)17-9-7-6-8-10-17/h11-14,17,19-20H,4-10,15H2,1-3H3. The number of nitrogens with zero attached hydrogens (tertiary/aromatic N) is 1. The Morgan fingerprint density at radius 1 is 1.10 bits per heavy atom. The molecule has 0 aliphatic heterocycles. The number of aryl methyl sites for hydroxylation is 1. The van der Waals surface area contributed by atoms with Crippen molar-refractivity contribution in [2.45, 2.75) is 58.4 Å². The molecular weight excluding hydrogens is 256 g/mol. The summed E-state index contributed by atoms with van der Waals surface area (Å²) in [5.74, 6) is 0.857. The average Bonchev–Trinajstić information content (AvgIpc) is 2.55. The molecule has 1 fully saturated rings. The van der Waals surface area contributed by atoms with E-state index in [9.17, 15) is 0 Å². The van der Waals surface area contributed by atoms with Crippen molar-refractivity contribution in [3.8, 4) is 0 Å². The average molecular weight is 288 g/mol. The molecule has 1 atom stereocenters. The second-order valence-electron chi connectivity index (χ2n) is 6.46. The normalized spacial score (nSPS) is 17.7. The first kappa shape index (κ1) is 16.4. The van der Waals surface area contributed by atoms with Gasteiger partial charge < -0.3 is 10.2 Å². The second kappa shape index (κ2) is 8.43. The van der Waals surface area contributed by atoms with Crippen molar-refractivity contribution >= 4 is 5.69 Å². The van der Waals surface area contributed by atoms with E-state index < -0.39 is 0 Å². The van der Waals surface area contributed by atoms with Crippen LogP contribution in [0.3, 0.4) is 0 Å². The van der Waals surface area contributed by atoms with Gasteiger partial charge in [0.15, 0.2) is 0 Å². The maximum absolute atomic E-state index is 3.73. The van der Waals surface area contributed by atoms with Gasteiger partial charge >= 0.3 is 0 Å². The molecule has 1 aliphatic rings. The number of hydrogen-bond donors (Lipinski definition) is 1. The Kier molecular flexibility index (Phi) is 6.56. The van der Waals surface area contributed by atoms with Crippen LogP contribution in [-0.2, 0) is 6.42 Å². The van der Waals surface area contributed by atoms with Gasteiger partial charge in [-0.05, 0) is 49.4 Å². The van der Waals surface area contributed by atoms with Crippen molar-refractivity contribution < 1.29 is 0 Å². The number of anilines is 1. The van der Waals surface area contributed by atoms with Crippen LogP contribution in [0.15, 0.2) is 24.3 Å². The highest BCUT2D eigenvalue weighted by Crippen LogP contribution is 2.27. The zero-order valence-corrected chi connectivity index (χ0v) is 14.1. The summed E-state index contributed by atoms with van der Waals surface area (Å²) in [6, 6.07) is 9.68. The summed E-state index contributed by atoms with van der Waals surface area (Å²) in [5, 5.41) is 3.73. The fraction of sp³-hybridized carbons (Fsp3) is 0.684. The summed E-state index contributed by atoms with van der Waals surface area (Å²) < 4.78 is 0. The molecule has 1 aromatic rings. The molecule has 0 aromatic heterocycles. The van der Waals surface area contributed by atoms with E-state index in [0.29, 0.717) is 6.04 Å². The van der Waals surface area contributed by atoms with E-state index in [1.165, 1.54) is 43.4 Å². The number of nitrogens with one attached hydrogen (secondary N) is 1. The van der Waals surface area contributed by atoms with E-state index in [0.717, 1.165) is 25.4 Å². The minimum Gasteiger partial charge on any atom is -0.373 e. The third-order valence-electron chi connectivity index (χ3n) is 4.94. The Bertz CT molecular complexity index is 393. The highest BCUT2D eigenvalue weighted by Gasteiger charge is 2.24. The lowest BCUT2D eigenvalue weighted by Crippen LogP contribution is -2.45. The second-order valence-corrected chi connectivity index (χ2v) is 6.46. The lowest BCUT2D eigenvalue weighted by molar-refractivity contribution is 0.273. The van der Waals surface area contributed by atoms with E-state index in [-0.39, 0.29) is 0 Å². The first-order valence-electron chi connectivity index (χ1n) is 8.78. The van der Waals surface area contributed by atoms with Gasteiger partial charge in [-0.2, -0.15) is 0 Å². The van der Waals surface area contributed by atoms with Gasteiger partial charge in [-0.3, -0.25) is 0 Å². The molecule has 1 N–H and O–H groups in total. The molecule has 1 aliphatic carbocycles. The van der Waals surface area contributed by atoms with Gasteiger partial charge in [0.25, 0.3) is 0 Å². The molecule has 2 rings (SSSR count). The molecule has 2 heteroatoms. The number of likely N-dealkylation sites (N-methyl/N-ethyl adjacent to an activating group) is 2. The predicted molar refractivity (Wildman–Crippen MR) is 93.1 cm³/mol. The largest absolute Gasteiger partial charge is 0.373 e. The van der Waals surface area contributed by atoms with E-state index in [2.05, 4.69) is 55.4 Å². The van der Waals surface area contributed by atoms with Crippen molar-refractivity contribution in [3.63, 3.8) is 0 Å². The molecule has 0 spiro atoms. The molecule has 1 unspecified atom stereocenters. The smallest absolute Gasteiger partial charge is 0.0364 e. The van der Waals surface area contributed by atoms with Gasteiger partial charge in [0.2, 0.25) is 0 Å². The molecule has 118 valence electrons. The van der Waals surface area contributed by atoms with Crippen LogP contribution in [0, 0.1) is 5.92 Å². The van der Waals surface area contributed by atoms with Crippen LogP contribution >= 0.6 is 0 Å². The molecule has 2 nitrogen and oxygen atoms in total. The summed E-state index contributed by atoms with van der Waals surface area (Å²) >= 11 is 0. The van der Waals surface area contributed by atoms with Crippen LogP contribution in [0.5, 0.6) is 0 Å². The van der Waals surface area contributed by atoms with Crippen molar-refractivity contribution in [1.29, 1.82) is 0 Å². The molecular formula is C19H32N2. The summed E-state index contributed by atoms with van der Waals surface area (Å²) in [7, 11) is 2.23. The highest BCUT2D eigenvalue weighted by molar-refractivity contribution is 5.47. The third-order valence-corrected chi connectivity index (χ3v) is 4.94.